The van der Waals surface area contributed by atoms with Crippen LogP contribution in [0.2, 0.25) is 0 Å². The van der Waals surface area contributed by atoms with Gasteiger partial charge in [0.05, 0.1) is 0 Å². The molecule has 0 bridgehead atoms. The van der Waals surface area contributed by atoms with Gasteiger partial charge >= 0.3 is 0 Å². The molecule has 6 heteroatoms. The predicted octanol–water partition coefficient (Wildman–Crippen LogP) is 3.10. The number of amides is 1. The minimum absolute atomic E-state index is 0.164. The molecule has 130 valence electrons. The predicted molar refractivity (Wildman–Crippen MR) is 97.1 cm³/mol. The smallest absolute Gasteiger partial charge is 0.270 e. The van der Waals surface area contributed by atoms with Crippen molar-refractivity contribution in [3.05, 3.63) is 59.7 Å². The van der Waals surface area contributed by atoms with Crippen LogP contribution in [0.15, 0.2) is 48.4 Å². The Morgan fingerprint density at radius 1 is 1.20 bits per heavy atom. The molecule has 3 rings (SSSR count). The van der Waals surface area contributed by atoms with E-state index in [2.05, 4.69) is 31.7 Å². The van der Waals surface area contributed by atoms with E-state index in [1.807, 2.05) is 12.1 Å². The molecule has 2 N–H and O–H groups in total. The van der Waals surface area contributed by atoms with Crippen molar-refractivity contribution >= 4 is 11.9 Å². The molecule has 0 atom stereocenters. The van der Waals surface area contributed by atoms with E-state index in [-0.39, 0.29) is 5.91 Å². The summed E-state index contributed by atoms with van der Waals surface area (Å²) in [6.07, 6.45) is 13.2. The summed E-state index contributed by atoms with van der Waals surface area (Å²) in [7, 11) is 0. The molecule has 0 radical (unpaired) electrons. The molecule has 1 aliphatic rings. The monoisotopic (exact) mass is 337 g/mol. The lowest BCUT2D eigenvalue weighted by molar-refractivity contribution is 0.0949. The van der Waals surface area contributed by atoms with Crippen LogP contribution in [0.4, 0.5) is 5.95 Å². The summed E-state index contributed by atoms with van der Waals surface area (Å²) < 4.78 is 0. The number of allylic oxidation sites excluding steroid dienone is 1. The summed E-state index contributed by atoms with van der Waals surface area (Å²) >= 11 is 0. The summed E-state index contributed by atoms with van der Waals surface area (Å²) in [5.74, 6) is 0.273. The first-order valence-corrected chi connectivity index (χ1v) is 8.73. The van der Waals surface area contributed by atoms with Crippen LogP contribution in [0.1, 0.15) is 48.2 Å². The van der Waals surface area contributed by atoms with Crippen LogP contribution in [0, 0.1) is 0 Å². The number of pyridine rings is 1. The molecule has 1 aliphatic carbocycles. The molecule has 2 aromatic rings. The van der Waals surface area contributed by atoms with Gasteiger partial charge in [-0.3, -0.25) is 9.78 Å². The Bertz CT molecular complexity index is 730. The van der Waals surface area contributed by atoms with E-state index in [1.165, 1.54) is 24.8 Å². The van der Waals surface area contributed by atoms with Gasteiger partial charge in [-0.05, 0) is 49.8 Å². The number of hydrogen-bond acceptors (Lipinski definition) is 5. The highest BCUT2D eigenvalue weighted by atomic mass is 16.1. The fourth-order valence-electron chi connectivity index (χ4n) is 2.81. The van der Waals surface area contributed by atoms with Crippen molar-refractivity contribution in [2.45, 2.75) is 38.6 Å². The van der Waals surface area contributed by atoms with E-state index in [1.54, 1.807) is 24.7 Å². The normalized spacial score (nSPS) is 13.8. The number of anilines is 1. The number of nitrogens with one attached hydrogen (secondary N) is 2. The quantitative estimate of drug-likeness (QED) is 0.759. The van der Waals surface area contributed by atoms with Gasteiger partial charge in [-0.1, -0.05) is 17.7 Å². The Labute approximate surface area is 147 Å². The highest BCUT2D eigenvalue weighted by molar-refractivity contribution is 5.92. The van der Waals surface area contributed by atoms with Crippen LogP contribution >= 0.6 is 0 Å². The Hall–Kier alpha value is -2.76. The van der Waals surface area contributed by atoms with Gasteiger partial charge < -0.3 is 10.6 Å². The van der Waals surface area contributed by atoms with Crippen molar-refractivity contribution in [1.29, 1.82) is 0 Å². The first-order valence-electron chi connectivity index (χ1n) is 8.73. The summed E-state index contributed by atoms with van der Waals surface area (Å²) in [5, 5.41) is 6.05. The first-order chi connectivity index (χ1) is 12.3. The van der Waals surface area contributed by atoms with Crippen molar-refractivity contribution in [1.82, 2.24) is 20.3 Å². The van der Waals surface area contributed by atoms with E-state index in [9.17, 15) is 4.79 Å². The minimum atomic E-state index is -0.164. The van der Waals surface area contributed by atoms with Crippen LogP contribution in [-0.2, 0) is 6.54 Å². The van der Waals surface area contributed by atoms with Crippen LogP contribution in [0.25, 0.3) is 0 Å². The lowest BCUT2D eigenvalue weighted by atomic mass is 9.97. The molecule has 25 heavy (non-hydrogen) atoms. The standard InChI is InChI=1S/C19H23N5O/c25-18(21-11-8-15-5-2-1-3-6-15)17-9-12-22-19(24-17)23-14-16-7-4-10-20-13-16/h4-5,7,9-10,12-13H,1-3,6,8,11,14H2,(H,21,25)(H,22,23,24). The fraction of sp³-hybridized carbons (Fsp3) is 0.368. The zero-order chi connectivity index (χ0) is 17.3. The summed E-state index contributed by atoms with van der Waals surface area (Å²) in [4.78, 5) is 24.8. The Balaban J connectivity index is 1.49. The van der Waals surface area contributed by atoms with Crippen LogP contribution in [0.3, 0.4) is 0 Å². The van der Waals surface area contributed by atoms with Crippen LogP contribution in [-0.4, -0.2) is 27.4 Å². The highest BCUT2D eigenvalue weighted by Gasteiger charge is 2.09. The molecule has 0 saturated heterocycles. The Morgan fingerprint density at radius 3 is 2.96 bits per heavy atom. The Morgan fingerprint density at radius 2 is 2.16 bits per heavy atom. The van der Waals surface area contributed by atoms with E-state index in [4.69, 9.17) is 0 Å². The Kier molecular flexibility index (Phi) is 6.09. The summed E-state index contributed by atoms with van der Waals surface area (Å²) in [5.41, 5.74) is 2.86. The average molecular weight is 337 g/mol. The maximum absolute atomic E-state index is 12.3. The molecule has 0 spiro atoms. The second kappa shape index (κ2) is 8.92. The zero-order valence-electron chi connectivity index (χ0n) is 14.2. The highest BCUT2D eigenvalue weighted by Crippen LogP contribution is 2.19. The first kappa shape index (κ1) is 17.1. The van der Waals surface area contributed by atoms with Crippen LogP contribution < -0.4 is 10.6 Å². The van der Waals surface area contributed by atoms with Gasteiger partial charge in [-0.2, -0.15) is 0 Å². The van der Waals surface area contributed by atoms with Gasteiger partial charge in [-0.15, -0.1) is 0 Å². The third-order valence-electron chi connectivity index (χ3n) is 4.18. The molecule has 0 aromatic carbocycles. The lowest BCUT2D eigenvalue weighted by Crippen LogP contribution is -2.26. The van der Waals surface area contributed by atoms with E-state index in [0.29, 0.717) is 24.7 Å². The van der Waals surface area contributed by atoms with Gasteiger partial charge in [0.2, 0.25) is 5.95 Å². The third-order valence-corrected chi connectivity index (χ3v) is 4.18. The molecule has 0 fully saturated rings. The van der Waals surface area contributed by atoms with Crippen molar-refractivity contribution in [3.63, 3.8) is 0 Å². The van der Waals surface area contributed by atoms with Crippen molar-refractivity contribution in [2.75, 3.05) is 11.9 Å². The van der Waals surface area contributed by atoms with Crippen molar-refractivity contribution < 1.29 is 4.79 Å². The average Bonchev–Trinajstić information content (AvgIpc) is 2.68. The third kappa shape index (κ3) is 5.38. The maximum Gasteiger partial charge on any atom is 0.270 e. The van der Waals surface area contributed by atoms with E-state index in [0.717, 1.165) is 18.4 Å². The van der Waals surface area contributed by atoms with E-state index < -0.39 is 0 Å². The number of hydrogen-bond donors (Lipinski definition) is 2. The molecule has 2 heterocycles. The van der Waals surface area contributed by atoms with Gasteiger partial charge in [0.25, 0.3) is 5.91 Å². The van der Waals surface area contributed by atoms with E-state index >= 15 is 0 Å². The molecule has 0 unspecified atom stereocenters. The number of aromatic nitrogens is 3. The fourth-order valence-corrected chi connectivity index (χ4v) is 2.81. The molecule has 2 aromatic heterocycles. The van der Waals surface area contributed by atoms with Crippen molar-refractivity contribution in [3.8, 4) is 0 Å². The summed E-state index contributed by atoms with van der Waals surface area (Å²) in [6.45, 7) is 1.21. The van der Waals surface area contributed by atoms with Crippen LogP contribution in [0.5, 0.6) is 0 Å². The topological polar surface area (TPSA) is 79.8 Å². The molecular formula is C19H23N5O. The van der Waals surface area contributed by atoms with Gasteiger partial charge in [0.15, 0.2) is 0 Å². The SMILES string of the molecule is O=C(NCCC1=CCCCC1)c1ccnc(NCc2cccnc2)n1. The lowest BCUT2D eigenvalue weighted by Gasteiger charge is -2.13. The van der Waals surface area contributed by atoms with Gasteiger partial charge in [0.1, 0.15) is 5.69 Å². The molecule has 0 saturated carbocycles. The summed E-state index contributed by atoms with van der Waals surface area (Å²) in [6, 6.07) is 5.48. The van der Waals surface area contributed by atoms with Crippen molar-refractivity contribution in [2.24, 2.45) is 0 Å². The number of carbonyl (C=O) groups excluding carboxylic acids is 1. The second-order valence-electron chi connectivity index (χ2n) is 6.09. The molecule has 1 amide bonds. The number of carbonyl (C=O) groups is 1. The maximum atomic E-state index is 12.3. The number of nitrogens with zero attached hydrogens (tertiary/aromatic N) is 3. The molecular weight excluding hydrogens is 314 g/mol. The minimum Gasteiger partial charge on any atom is -0.350 e. The molecule has 6 nitrogen and oxygen atoms in total. The van der Waals surface area contributed by atoms with Gasteiger partial charge in [0, 0.05) is 31.7 Å². The van der Waals surface area contributed by atoms with Gasteiger partial charge in [-0.25, -0.2) is 9.97 Å². The largest absolute Gasteiger partial charge is 0.350 e. The zero-order valence-corrected chi connectivity index (χ0v) is 14.2. The molecule has 0 aliphatic heterocycles. The second-order valence-corrected chi connectivity index (χ2v) is 6.09. The number of rotatable bonds is 7.